The number of likely N-dealkylation sites (N-methyl/N-ethyl adjacent to an activating group) is 1. The van der Waals surface area contributed by atoms with Crippen molar-refractivity contribution in [1.82, 2.24) is 14.7 Å². The van der Waals surface area contributed by atoms with Gasteiger partial charge in [-0.15, -0.1) is 0 Å². The van der Waals surface area contributed by atoms with Gasteiger partial charge in [0.25, 0.3) is 0 Å². The van der Waals surface area contributed by atoms with Gasteiger partial charge in [-0.25, -0.2) is 4.39 Å². The summed E-state index contributed by atoms with van der Waals surface area (Å²) >= 11 is 0. The number of rotatable bonds is 10. The SMILES string of the molecule is Cc1ccc(CN(C(=O)CN(C)Cc2ccc(OCC(C)C)cc2)C2CCN(C)CC2F)cc1. The highest BCUT2D eigenvalue weighted by Gasteiger charge is 2.35. The van der Waals surface area contributed by atoms with E-state index in [2.05, 4.69) is 13.8 Å². The van der Waals surface area contributed by atoms with E-state index in [0.717, 1.165) is 23.4 Å². The molecule has 2 aromatic carbocycles. The highest BCUT2D eigenvalue weighted by atomic mass is 19.1. The first-order chi connectivity index (χ1) is 16.2. The zero-order valence-electron chi connectivity index (χ0n) is 21.3. The molecule has 2 unspecified atom stereocenters. The number of amides is 1. The van der Waals surface area contributed by atoms with Gasteiger partial charge in [-0.3, -0.25) is 9.69 Å². The molecule has 2 aromatic rings. The smallest absolute Gasteiger partial charge is 0.237 e. The number of halogens is 1. The van der Waals surface area contributed by atoms with Gasteiger partial charge in [0, 0.05) is 26.2 Å². The lowest BCUT2D eigenvalue weighted by Gasteiger charge is -2.40. The van der Waals surface area contributed by atoms with Crippen LogP contribution in [0.1, 0.15) is 37.0 Å². The summed E-state index contributed by atoms with van der Waals surface area (Å²) in [4.78, 5) is 19.2. The Balaban J connectivity index is 1.64. The maximum atomic E-state index is 15.0. The molecule has 186 valence electrons. The van der Waals surface area contributed by atoms with Crippen molar-refractivity contribution in [3.8, 4) is 5.75 Å². The third-order valence-corrected chi connectivity index (χ3v) is 6.27. The summed E-state index contributed by atoms with van der Waals surface area (Å²) < 4.78 is 20.8. The number of aryl methyl sites for hydroxylation is 1. The molecule has 3 rings (SSSR count). The Morgan fingerprint density at radius 3 is 2.32 bits per heavy atom. The number of piperidine rings is 1. The van der Waals surface area contributed by atoms with Crippen LogP contribution in [0.25, 0.3) is 0 Å². The summed E-state index contributed by atoms with van der Waals surface area (Å²) in [6, 6.07) is 15.8. The Hall–Kier alpha value is -2.44. The minimum absolute atomic E-state index is 0.0304. The quantitative estimate of drug-likeness (QED) is 0.512. The number of alkyl halides is 1. The van der Waals surface area contributed by atoms with E-state index in [-0.39, 0.29) is 12.5 Å². The van der Waals surface area contributed by atoms with Crippen molar-refractivity contribution >= 4 is 5.91 Å². The van der Waals surface area contributed by atoms with E-state index in [9.17, 15) is 4.79 Å². The van der Waals surface area contributed by atoms with Gasteiger partial charge in [0.1, 0.15) is 11.9 Å². The van der Waals surface area contributed by atoms with Crippen LogP contribution in [-0.2, 0) is 17.9 Å². The molecule has 6 heteroatoms. The molecular weight excluding hydrogens is 429 g/mol. The second-order valence-corrected chi connectivity index (χ2v) is 10.2. The van der Waals surface area contributed by atoms with Crippen LogP contribution in [0.2, 0.25) is 0 Å². The van der Waals surface area contributed by atoms with Crippen molar-refractivity contribution in [2.75, 3.05) is 40.3 Å². The third-order valence-electron chi connectivity index (χ3n) is 6.27. The summed E-state index contributed by atoms with van der Waals surface area (Å²) in [7, 11) is 3.87. The molecule has 0 saturated carbocycles. The van der Waals surface area contributed by atoms with E-state index in [0.29, 0.717) is 38.6 Å². The number of carbonyl (C=O) groups is 1. The molecule has 0 aliphatic carbocycles. The van der Waals surface area contributed by atoms with Crippen LogP contribution < -0.4 is 4.74 Å². The molecule has 1 heterocycles. The van der Waals surface area contributed by atoms with Crippen molar-refractivity contribution in [3.63, 3.8) is 0 Å². The minimum Gasteiger partial charge on any atom is -0.493 e. The van der Waals surface area contributed by atoms with Crippen LogP contribution in [0.4, 0.5) is 4.39 Å². The lowest BCUT2D eigenvalue weighted by Crippen LogP contribution is -2.54. The molecule has 0 N–H and O–H groups in total. The summed E-state index contributed by atoms with van der Waals surface area (Å²) in [6.45, 7) is 9.46. The Morgan fingerprint density at radius 2 is 1.71 bits per heavy atom. The first-order valence-corrected chi connectivity index (χ1v) is 12.3. The lowest BCUT2D eigenvalue weighted by molar-refractivity contribution is -0.138. The van der Waals surface area contributed by atoms with Crippen LogP contribution in [-0.4, -0.2) is 73.2 Å². The Kier molecular flexibility index (Phi) is 9.48. The molecular formula is C28H40FN3O2. The standard InChI is InChI=1S/C28H40FN3O2/c1-21(2)20-34-25-12-10-23(11-13-25)16-31(5)19-28(33)32(17-24-8-6-22(3)7-9-24)27-14-15-30(4)18-26(27)29/h6-13,21,26-27H,14-20H2,1-5H3. The van der Waals surface area contributed by atoms with Crippen LogP contribution in [0.15, 0.2) is 48.5 Å². The fourth-order valence-electron chi connectivity index (χ4n) is 4.32. The zero-order chi connectivity index (χ0) is 24.7. The molecule has 5 nitrogen and oxygen atoms in total. The average molecular weight is 470 g/mol. The third kappa shape index (κ3) is 7.81. The van der Waals surface area contributed by atoms with Gasteiger partial charge in [0.15, 0.2) is 0 Å². The van der Waals surface area contributed by atoms with Gasteiger partial charge in [0.05, 0.1) is 19.2 Å². The Bertz CT molecular complexity index is 901. The van der Waals surface area contributed by atoms with Gasteiger partial charge in [-0.2, -0.15) is 0 Å². The van der Waals surface area contributed by atoms with Crippen LogP contribution in [0.5, 0.6) is 5.75 Å². The van der Waals surface area contributed by atoms with E-state index in [1.165, 1.54) is 5.56 Å². The molecule has 1 fully saturated rings. The number of carbonyl (C=O) groups excluding carboxylic acids is 1. The molecule has 1 aliphatic rings. The van der Waals surface area contributed by atoms with E-state index < -0.39 is 12.2 Å². The fourth-order valence-corrected chi connectivity index (χ4v) is 4.32. The normalized spacial score (nSPS) is 18.9. The molecule has 1 amide bonds. The van der Waals surface area contributed by atoms with Gasteiger partial charge >= 0.3 is 0 Å². The molecule has 0 bridgehead atoms. The summed E-state index contributed by atoms with van der Waals surface area (Å²) in [5, 5.41) is 0. The second-order valence-electron chi connectivity index (χ2n) is 10.2. The summed E-state index contributed by atoms with van der Waals surface area (Å²) in [5.41, 5.74) is 3.31. The molecule has 0 aromatic heterocycles. The number of benzene rings is 2. The number of likely N-dealkylation sites (tertiary alicyclic amines) is 1. The highest BCUT2D eigenvalue weighted by molar-refractivity contribution is 5.78. The van der Waals surface area contributed by atoms with Gasteiger partial charge in [0.2, 0.25) is 5.91 Å². The van der Waals surface area contributed by atoms with Gasteiger partial charge in [-0.1, -0.05) is 55.8 Å². The van der Waals surface area contributed by atoms with Crippen LogP contribution in [0, 0.1) is 12.8 Å². The molecule has 0 spiro atoms. The number of ether oxygens (including phenoxy) is 1. The Labute approximate surface area is 204 Å². The van der Waals surface area contributed by atoms with E-state index in [1.54, 1.807) is 4.90 Å². The van der Waals surface area contributed by atoms with Crippen molar-refractivity contribution in [2.24, 2.45) is 5.92 Å². The summed E-state index contributed by atoms with van der Waals surface area (Å²) in [5.74, 6) is 1.31. The van der Waals surface area contributed by atoms with E-state index >= 15 is 4.39 Å². The predicted molar refractivity (Wildman–Crippen MR) is 136 cm³/mol. The maximum absolute atomic E-state index is 15.0. The number of hydrogen-bond acceptors (Lipinski definition) is 4. The fraction of sp³-hybridized carbons (Fsp3) is 0.536. The van der Waals surface area contributed by atoms with E-state index in [1.807, 2.05) is 79.3 Å². The summed E-state index contributed by atoms with van der Waals surface area (Å²) in [6.07, 6.45) is -0.395. The number of hydrogen-bond donors (Lipinski definition) is 0. The van der Waals surface area contributed by atoms with Gasteiger partial charge in [-0.05, 0) is 56.6 Å². The molecule has 1 saturated heterocycles. The largest absolute Gasteiger partial charge is 0.493 e. The van der Waals surface area contributed by atoms with Crippen molar-refractivity contribution in [2.45, 2.75) is 52.5 Å². The minimum atomic E-state index is -1.04. The maximum Gasteiger partial charge on any atom is 0.237 e. The van der Waals surface area contributed by atoms with Crippen molar-refractivity contribution in [1.29, 1.82) is 0 Å². The lowest BCUT2D eigenvalue weighted by atomic mass is 10.00. The predicted octanol–water partition coefficient (Wildman–Crippen LogP) is 4.53. The molecule has 2 atom stereocenters. The zero-order valence-corrected chi connectivity index (χ0v) is 21.3. The second kappa shape index (κ2) is 12.3. The monoisotopic (exact) mass is 469 g/mol. The number of nitrogens with zero attached hydrogens (tertiary/aromatic N) is 3. The molecule has 34 heavy (non-hydrogen) atoms. The van der Waals surface area contributed by atoms with Gasteiger partial charge < -0.3 is 14.5 Å². The highest BCUT2D eigenvalue weighted by Crippen LogP contribution is 2.22. The first kappa shape index (κ1) is 26.2. The van der Waals surface area contributed by atoms with E-state index in [4.69, 9.17) is 4.74 Å². The first-order valence-electron chi connectivity index (χ1n) is 12.3. The van der Waals surface area contributed by atoms with Crippen LogP contribution in [0.3, 0.4) is 0 Å². The van der Waals surface area contributed by atoms with Crippen molar-refractivity contribution < 1.29 is 13.9 Å². The average Bonchev–Trinajstić information content (AvgIpc) is 2.78. The van der Waals surface area contributed by atoms with Crippen LogP contribution >= 0.6 is 0 Å². The van der Waals surface area contributed by atoms with Crippen molar-refractivity contribution in [3.05, 3.63) is 65.2 Å². The topological polar surface area (TPSA) is 36.0 Å². The molecule has 0 radical (unpaired) electrons. The Morgan fingerprint density at radius 1 is 1.09 bits per heavy atom. The molecule has 1 aliphatic heterocycles.